The molecule has 0 saturated carbocycles. The van der Waals surface area contributed by atoms with Gasteiger partial charge in [0.25, 0.3) is 0 Å². The molecule has 110 valence electrons. The zero-order valence-electron chi connectivity index (χ0n) is 11.8. The lowest BCUT2D eigenvalue weighted by Crippen LogP contribution is -2.39. The molecule has 6 nitrogen and oxygen atoms in total. The topological polar surface area (TPSA) is 76.0 Å². The van der Waals surface area contributed by atoms with E-state index >= 15 is 0 Å². The number of nitrogens with one attached hydrogen (secondary N) is 2. The van der Waals surface area contributed by atoms with Crippen molar-refractivity contribution in [1.82, 2.24) is 20.4 Å². The van der Waals surface area contributed by atoms with E-state index in [4.69, 9.17) is 0 Å². The standard InChI is InChI=1S/C15H18N4O2/c1-12(20)16-10-15(21)18-14(11-19-9-5-8-17-19)13-6-3-2-4-7-13/h2-9,14H,10-11H2,1H3,(H,16,20)(H,18,21)/t14-/m0/s1. The van der Waals surface area contributed by atoms with Gasteiger partial charge in [-0.1, -0.05) is 30.3 Å². The Bertz CT molecular complexity index is 581. The van der Waals surface area contributed by atoms with Gasteiger partial charge in [-0.25, -0.2) is 0 Å². The molecule has 2 aromatic rings. The van der Waals surface area contributed by atoms with Crippen molar-refractivity contribution in [3.05, 3.63) is 54.4 Å². The van der Waals surface area contributed by atoms with Crippen LogP contribution < -0.4 is 10.6 Å². The summed E-state index contributed by atoms with van der Waals surface area (Å²) < 4.78 is 1.76. The maximum atomic E-state index is 11.9. The van der Waals surface area contributed by atoms with Gasteiger partial charge in [-0.05, 0) is 11.6 Å². The van der Waals surface area contributed by atoms with Gasteiger partial charge in [0, 0.05) is 19.3 Å². The number of rotatable bonds is 6. The van der Waals surface area contributed by atoms with E-state index in [-0.39, 0.29) is 24.4 Å². The Morgan fingerprint density at radius 3 is 2.62 bits per heavy atom. The molecule has 2 N–H and O–H groups in total. The van der Waals surface area contributed by atoms with Gasteiger partial charge in [0.2, 0.25) is 11.8 Å². The highest BCUT2D eigenvalue weighted by atomic mass is 16.2. The summed E-state index contributed by atoms with van der Waals surface area (Å²) in [5.41, 5.74) is 0.990. The van der Waals surface area contributed by atoms with Crippen molar-refractivity contribution in [1.29, 1.82) is 0 Å². The van der Waals surface area contributed by atoms with Crippen molar-refractivity contribution < 1.29 is 9.59 Å². The molecule has 0 aliphatic rings. The largest absolute Gasteiger partial charge is 0.347 e. The molecule has 21 heavy (non-hydrogen) atoms. The second-order valence-electron chi connectivity index (χ2n) is 4.67. The number of carbonyl (C=O) groups is 2. The average Bonchev–Trinajstić information content (AvgIpc) is 2.98. The highest BCUT2D eigenvalue weighted by Gasteiger charge is 2.15. The Labute approximate surface area is 123 Å². The normalized spacial score (nSPS) is 11.7. The third-order valence-corrected chi connectivity index (χ3v) is 2.96. The molecular weight excluding hydrogens is 268 g/mol. The summed E-state index contributed by atoms with van der Waals surface area (Å²) in [6.45, 7) is 1.88. The van der Waals surface area contributed by atoms with Crippen molar-refractivity contribution in [2.24, 2.45) is 0 Å². The van der Waals surface area contributed by atoms with E-state index in [1.54, 1.807) is 10.9 Å². The Morgan fingerprint density at radius 2 is 2.00 bits per heavy atom. The third kappa shape index (κ3) is 4.76. The molecule has 0 radical (unpaired) electrons. The van der Waals surface area contributed by atoms with Gasteiger partial charge < -0.3 is 10.6 Å². The van der Waals surface area contributed by atoms with Crippen LogP contribution in [0.1, 0.15) is 18.5 Å². The van der Waals surface area contributed by atoms with Crippen LogP contribution >= 0.6 is 0 Å². The lowest BCUT2D eigenvalue weighted by atomic mass is 10.1. The minimum atomic E-state index is -0.230. The molecule has 1 heterocycles. The van der Waals surface area contributed by atoms with E-state index in [1.165, 1.54) is 6.92 Å². The predicted octanol–water partition coefficient (Wildman–Crippen LogP) is 0.877. The number of amides is 2. The van der Waals surface area contributed by atoms with Gasteiger partial charge in [-0.2, -0.15) is 5.10 Å². The Balaban J connectivity index is 2.05. The number of aromatic nitrogens is 2. The molecule has 6 heteroatoms. The summed E-state index contributed by atoms with van der Waals surface area (Å²) in [6.07, 6.45) is 3.54. The highest BCUT2D eigenvalue weighted by Crippen LogP contribution is 2.14. The first-order valence-corrected chi connectivity index (χ1v) is 6.71. The van der Waals surface area contributed by atoms with E-state index in [0.29, 0.717) is 6.54 Å². The van der Waals surface area contributed by atoms with Crippen LogP contribution in [0, 0.1) is 0 Å². The van der Waals surface area contributed by atoms with Gasteiger partial charge >= 0.3 is 0 Å². The molecule has 1 atom stereocenters. The van der Waals surface area contributed by atoms with Crippen LogP contribution in [0.3, 0.4) is 0 Å². The van der Waals surface area contributed by atoms with Crippen LogP contribution in [-0.2, 0) is 16.1 Å². The predicted molar refractivity (Wildman–Crippen MR) is 78.2 cm³/mol. The van der Waals surface area contributed by atoms with E-state index in [0.717, 1.165) is 5.56 Å². The first kappa shape index (κ1) is 14.8. The monoisotopic (exact) mass is 286 g/mol. The maximum absolute atomic E-state index is 11.9. The fraction of sp³-hybridized carbons (Fsp3) is 0.267. The molecule has 0 fully saturated rings. The quantitative estimate of drug-likeness (QED) is 0.827. The lowest BCUT2D eigenvalue weighted by Gasteiger charge is -2.19. The highest BCUT2D eigenvalue weighted by molar-refractivity contribution is 5.83. The zero-order chi connectivity index (χ0) is 15.1. The summed E-state index contributed by atoms with van der Waals surface area (Å²) in [5.74, 6) is -0.459. The van der Waals surface area contributed by atoms with Crippen LogP contribution in [0.15, 0.2) is 48.8 Å². The molecule has 0 bridgehead atoms. The molecule has 0 spiro atoms. The molecule has 0 aliphatic carbocycles. The van der Waals surface area contributed by atoms with Gasteiger partial charge in [0.1, 0.15) is 0 Å². The minimum absolute atomic E-state index is 0.0300. The summed E-state index contributed by atoms with van der Waals surface area (Å²) in [5, 5.41) is 9.56. The van der Waals surface area contributed by atoms with E-state index in [9.17, 15) is 9.59 Å². The van der Waals surface area contributed by atoms with E-state index in [1.807, 2.05) is 42.6 Å². The van der Waals surface area contributed by atoms with Crippen LogP contribution in [0.5, 0.6) is 0 Å². The van der Waals surface area contributed by atoms with Crippen molar-refractivity contribution in [3.8, 4) is 0 Å². The number of benzene rings is 1. The fourth-order valence-corrected chi connectivity index (χ4v) is 1.97. The fourth-order valence-electron chi connectivity index (χ4n) is 1.97. The SMILES string of the molecule is CC(=O)NCC(=O)N[C@@H](Cn1cccn1)c1ccccc1. The van der Waals surface area contributed by atoms with Gasteiger partial charge in [-0.3, -0.25) is 14.3 Å². The third-order valence-electron chi connectivity index (χ3n) is 2.96. The number of carbonyl (C=O) groups excluding carboxylic acids is 2. The first-order chi connectivity index (χ1) is 10.1. The molecule has 0 aliphatic heterocycles. The number of nitrogens with zero attached hydrogens (tertiary/aromatic N) is 2. The Hall–Kier alpha value is -2.63. The van der Waals surface area contributed by atoms with Crippen LogP contribution in [0.2, 0.25) is 0 Å². The molecule has 1 aromatic heterocycles. The van der Waals surface area contributed by atoms with E-state index in [2.05, 4.69) is 15.7 Å². The Morgan fingerprint density at radius 1 is 1.24 bits per heavy atom. The van der Waals surface area contributed by atoms with Crippen molar-refractivity contribution in [2.75, 3.05) is 6.54 Å². The average molecular weight is 286 g/mol. The first-order valence-electron chi connectivity index (χ1n) is 6.71. The van der Waals surface area contributed by atoms with Crippen LogP contribution in [0.25, 0.3) is 0 Å². The summed E-state index contributed by atoms with van der Waals surface area (Å²) in [7, 11) is 0. The van der Waals surface area contributed by atoms with Crippen molar-refractivity contribution in [2.45, 2.75) is 19.5 Å². The van der Waals surface area contributed by atoms with Crippen LogP contribution in [-0.4, -0.2) is 28.1 Å². The number of hydrogen-bond acceptors (Lipinski definition) is 3. The van der Waals surface area contributed by atoms with Gasteiger partial charge in [0.15, 0.2) is 0 Å². The van der Waals surface area contributed by atoms with E-state index < -0.39 is 0 Å². The minimum Gasteiger partial charge on any atom is -0.347 e. The van der Waals surface area contributed by atoms with Crippen LogP contribution in [0.4, 0.5) is 0 Å². The summed E-state index contributed by atoms with van der Waals surface area (Å²) in [6, 6.07) is 11.3. The lowest BCUT2D eigenvalue weighted by molar-refractivity contribution is -0.125. The molecule has 0 saturated heterocycles. The molecule has 2 rings (SSSR count). The molecular formula is C15H18N4O2. The summed E-state index contributed by atoms with van der Waals surface area (Å²) in [4.78, 5) is 22.8. The molecule has 2 amide bonds. The van der Waals surface area contributed by atoms with Crippen molar-refractivity contribution >= 4 is 11.8 Å². The second kappa shape index (κ2) is 7.23. The smallest absolute Gasteiger partial charge is 0.239 e. The Kier molecular flexibility index (Phi) is 5.09. The van der Waals surface area contributed by atoms with Crippen molar-refractivity contribution in [3.63, 3.8) is 0 Å². The second-order valence-corrected chi connectivity index (χ2v) is 4.67. The number of hydrogen-bond donors (Lipinski definition) is 2. The van der Waals surface area contributed by atoms with Gasteiger partial charge in [-0.15, -0.1) is 0 Å². The maximum Gasteiger partial charge on any atom is 0.239 e. The summed E-state index contributed by atoms with van der Waals surface area (Å²) >= 11 is 0. The molecule has 1 aromatic carbocycles. The van der Waals surface area contributed by atoms with Gasteiger partial charge in [0.05, 0.1) is 19.1 Å². The molecule has 0 unspecified atom stereocenters. The zero-order valence-corrected chi connectivity index (χ0v) is 11.8.